The quantitative estimate of drug-likeness (QED) is 0.690. The van der Waals surface area contributed by atoms with Crippen molar-refractivity contribution < 1.29 is 13.6 Å². The number of halogens is 2. The molecule has 6 nitrogen and oxygen atoms in total. The van der Waals surface area contributed by atoms with Crippen LogP contribution in [0.25, 0.3) is 16.9 Å². The third-order valence-electron chi connectivity index (χ3n) is 5.55. The van der Waals surface area contributed by atoms with Crippen LogP contribution in [0.15, 0.2) is 30.5 Å². The Kier molecular flexibility index (Phi) is 5.53. The molecule has 158 valence electrons. The van der Waals surface area contributed by atoms with Gasteiger partial charge in [-0.1, -0.05) is 0 Å². The zero-order valence-corrected chi connectivity index (χ0v) is 17.3. The summed E-state index contributed by atoms with van der Waals surface area (Å²) in [5.74, 6) is -2.15. The molecule has 0 radical (unpaired) electrons. The van der Waals surface area contributed by atoms with Crippen molar-refractivity contribution in [3.05, 3.63) is 58.9 Å². The molecule has 1 fully saturated rings. The molecule has 1 saturated heterocycles. The van der Waals surface area contributed by atoms with Gasteiger partial charge in [0, 0.05) is 50.9 Å². The molecule has 0 saturated carbocycles. The summed E-state index contributed by atoms with van der Waals surface area (Å²) < 4.78 is 32.0. The van der Waals surface area contributed by atoms with Crippen LogP contribution >= 0.6 is 0 Å². The molecule has 30 heavy (non-hydrogen) atoms. The number of piperazine rings is 1. The van der Waals surface area contributed by atoms with Crippen LogP contribution in [0.5, 0.6) is 0 Å². The molecule has 0 aliphatic carbocycles. The normalized spacial score (nSPS) is 17.4. The van der Waals surface area contributed by atoms with E-state index in [0.29, 0.717) is 12.1 Å². The second kappa shape index (κ2) is 8.12. The van der Waals surface area contributed by atoms with Gasteiger partial charge >= 0.3 is 0 Å². The zero-order valence-electron chi connectivity index (χ0n) is 17.3. The van der Waals surface area contributed by atoms with Crippen LogP contribution in [0.2, 0.25) is 0 Å². The molecule has 3 heterocycles. The summed E-state index contributed by atoms with van der Waals surface area (Å²) in [6.07, 6.45) is 2.46. The van der Waals surface area contributed by atoms with Crippen LogP contribution in [0, 0.1) is 18.6 Å². The molecule has 1 aromatic carbocycles. The number of fused-ring (bicyclic) bond motifs is 1. The zero-order chi connectivity index (χ0) is 21.4. The summed E-state index contributed by atoms with van der Waals surface area (Å²) >= 11 is 0. The molecule has 1 aliphatic heterocycles. The molecule has 8 heteroatoms. The molecule has 1 aliphatic rings. The Labute approximate surface area is 173 Å². The molecule has 1 atom stereocenters. The van der Waals surface area contributed by atoms with E-state index in [1.807, 2.05) is 29.7 Å². The predicted molar refractivity (Wildman–Crippen MR) is 112 cm³/mol. The predicted octanol–water partition coefficient (Wildman–Crippen LogP) is 2.39. The molecular weight excluding hydrogens is 388 g/mol. The van der Waals surface area contributed by atoms with Crippen molar-refractivity contribution in [2.24, 2.45) is 0 Å². The second-order valence-electron chi connectivity index (χ2n) is 7.85. The second-order valence-corrected chi connectivity index (χ2v) is 7.85. The number of carbonyl (C=O) groups excluding carboxylic acids is 1. The topological polar surface area (TPSA) is 61.7 Å². The lowest BCUT2D eigenvalue weighted by Crippen LogP contribution is -2.50. The summed E-state index contributed by atoms with van der Waals surface area (Å²) in [6, 6.07) is 6.09. The van der Waals surface area contributed by atoms with Crippen LogP contribution in [0.4, 0.5) is 8.78 Å². The smallest absolute Gasteiger partial charge is 0.251 e. The Morgan fingerprint density at radius 1 is 1.30 bits per heavy atom. The number of imidazole rings is 1. The minimum absolute atomic E-state index is 0.0621. The molecule has 1 unspecified atom stereocenters. The van der Waals surface area contributed by atoms with Gasteiger partial charge in [0.25, 0.3) is 5.91 Å². The number of carbonyl (C=O) groups is 1. The van der Waals surface area contributed by atoms with Gasteiger partial charge in [0.05, 0.1) is 17.0 Å². The SMILES string of the molecule is CNC(=O)c1cc(F)c(-c2nc3cc(C)ccn3c2CC2CN(C)CCN2)c(F)c1. The molecule has 3 aromatic rings. The molecule has 0 bridgehead atoms. The Balaban J connectivity index is 1.85. The first-order chi connectivity index (χ1) is 14.4. The minimum Gasteiger partial charge on any atom is -0.355 e. The monoisotopic (exact) mass is 413 g/mol. The Hall–Kier alpha value is -2.84. The number of nitrogens with one attached hydrogen (secondary N) is 2. The van der Waals surface area contributed by atoms with Crippen molar-refractivity contribution in [2.45, 2.75) is 19.4 Å². The minimum atomic E-state index is -0.802. The molecule has 2 aromatic heterocycles. The van der Waals surface area contributed by atoms with Crippen LogP contribution < -0.4 is 10.6 Å². The maximum Gasteiger partial charge on any atom is 0.251 e. The van der Waals surface area contributed by atoms with Crippen LogP contribution in [-0.2, 0) is 6.42 Å². The fraction of sp³-hybridized carbons (Fsp3) is 0.364. The fourth-order valence-corrected chi connectivity index (χ4v) is 4.03. The Morgan fingerprint density at radius 3 is 2.70 bits per heavy atom. The number of hydrogen-bond acceptors (Lipinski definition) is 4. The van der Waals surface area contributed by atoms with Crippen LogP contribution in [-0.4, -0.2) is 60.0 Å². The first-order valence-corrected chi connectivity index (χ1v) is 9.98. The number of benzene rings is 1. The lowest BCUT2D eigenvalue weighted by Gasteiger charge is -2.31. The summed E-state index contributed by atoms with van der Waals surface area (Å²) in [6.45, 7) is 4.60. The average molecular weight is 413 g/mol. The highest BCUT2D eigenvalue weighted by atomic mass is 19.1. The molecular formula is C22H25F2N5O. The molecule has 1 amide bonds. The molecule has 4 rings (SSSR count). The number of pyridine rings is 1. The lowest BCUT2D eigenvalue weighted by molar-refractivity contribution is 0.0962. The highest BCUT2D eigenvalue weighted by Gasteiger charge is 2.26. The third-order valence-corrected chi connectivity index (χ3v) is 5.55. The van der Waals surface area contributed by atoms with E-state index in [2.05, 4.69) is 27.6 Å². The van der Waals surface area contributed by atoms with Crippen molar-refractivity contribution in [3.8, 4) is 11.3 Å². The number of aromatic nitrogens is 2. The van der Waals surface area contributed by atoms with Gasteiger partial charge < -0.3 is 19.9 Å². The van der Waals surface area contributed by atoms with E-state index in [4.69, 9.17) is 0 Å². The van der Waals surface area contributed by atoms with E-state index >= 15 is 8.78 Å². The van der Waals surface area contributed by atoms with Gasteiger partial charge in [-0.05, 0) is 43.8 Å². The Morgan fingerprint density at radius 2 is 2.03 bits per heavy atom. The van der Waals surface area contributed by atoms with E-state index in [1.165, 1.54) is 7.05 Å². The van der Waals surface area contributed by atoms with Gasteiger partial charge in [0.1, 0.15) is 17.3 Å². The third kappa shape index (κ3) is 3.80. The van der Waals surface area contributed by atoms with Crippen molar-refractivity contribution in [2.75, 3.05) is 33.7 Å². The summed E-state index contributed by atoms with van der Waals surface area (Å²) in [5.41, 5.74) is 2.39. The summed E-state index contributed by atoms with van der Waals surface area (Å²) in [5, 5.41) is 5.87. The van der Waals surface area contributed by atoms with E-state index in [0.717, 1.165) is 43.0 Å². The van der Waals surface area contributed by atoms with Crippen molar-refractivity contribution in [3.63, 3.8) is 0 Å². The van der Waals surface area contributed by atoms with E-state index < -0.39 is 17.5 Å². The Bertz CT molecular complexity index is 1090. The number of amides is 1. The highest BCUT2D eigenvalue weighted by molar-refractivity contribution is 5.94. The number of rotatable bonds is 4. The standard InChI is InChI=1S/C22H25F2N5O/c1-13-4-6-29-18(11-15-12-28(3)7-5-26-15)21(27-19(29)8-13)20-16(23)9-14(10-17(20)24)22(30)25-2/h4,6,8-10,15,26H,5,7,11-12H2,1-3H3,(H,25,30). The van der Waals surface area contributed by atoms with Crippen molar-refractivity contribution >= 4 is 11.6 Å². The first kappa shape index (κ1) is 20.4. The van der Waals surface area contributed by atoms with Crippen LogP contribution in [0.1, 0.15) is 21.6 Å². The van der Waals surface area contributed by atoms with E-state index in [9.17, 15) is 4.79 Å². The van der Waals surface area contributed by atoms with Gasteiger partial charge in [0.2, 0.25) is 0 Å². The van der Waals surface area contributed by atoms with Gasteiger partial charge in [0.15, 0.2) is 0 Å². The van der Waals surface area contributed by atoms with E-state index in [1.54, 1.807) is 0 Å². The van der Waals surface area contributed by atoms with Crippen molar-refractivity contribution in [1.29, 1.82) is 0 Å². The van der Waals surface area contributed by atoms with Crippen LogP contribution in [0.3, 0.4) is 0 Å². The lowest BCUT2D eigenvalue weighted by atomic mass is 10.0. The molecule has 2 N–H and O–H groups in total. The number of nitrogens with zero attached hydrogens (tertiary/aromatic N) is 3. The average Bonchev–Trinajstić information content (AvgIpc) is 3.03. The van der Waals surface area contributed by atoms with Gasteiger partial charge in [-0.15, -0.1) is 0 Å². The first-order valence-electron chi connectivity index (χ1n) is 9.98. The number of aryl methyl sites for hydroxylation is 1. The fourth-order valence-electron chi connectivity index (χ4n) is 4.03. The van der Waals surface area contributed by atoms with Crippen molar-refractivity contribution in [1.82, 2.24) is 24.9 Å². The maximum absolute atomic E-state index is 15.0. The number of hydrogen-bond donors (Lipinski definition) is 2. The summed E-state index contributed by atoms with van der Waals surface area (Å²) in [4.78, 5) is 18.6. The van der Waals surface area contributed by atoms with Gasteiger partial charge in [-0.3, -0.25) is 4.79 Å². The molecule has 0 spiro atoms. The van der Waals surface area contributed by atoms with E-state index in [-0.39, 0.29) is 22.9 Å². The van der Waals surface area contributed by atoms with Gasteiger partial charge in [-0.2, -0.15) is 0 Å². The maximum atomic E-state index is 15.0. The van der Waals surface area contributed by atoms with Gasteiger partial charge in [-0.25, -0.2) is 13.8 Å². The summed E-state index contributed by atoms with van der Waals surface area (Å²) in [7, 11) is 3.48. The largest absolute Gasteiger partial charge is 0.355 e. The highest BCUT2D eigenvalue weighted by Crippen LogP contribution is 2.31. The number of likely N-dealkylation sites (N-methyl/N-ethyl adjacent to an activating group) is 1.